The van der Waals surface area contributed by atoms with Crippen molar-refractivity contribution in [1.29, 1.82) is 0 Å². The van der Waals surface area contributed by atoms with E-state index in [1.165, 1.54) is 12.1 Å². The lowest BCUT2D eigenvalue weighted by Crippen LogP contribution is -2.04. The van der Waals surface area contributed by atoms with Crippen LogP contribution >= 0.6 is 0 Å². The van der Waals surface area contributed by atoms with E-state index in [1.54, 1.807) is 13.0 Å². The largest absolute Gasteiger partial charge is 0.219 e. The Bertz CT molecular complexity index is 472. The van der Waals surface area contributed by atoms with E-state index >= 15 is 0 Å². The zero-order chi connectivity index (χ0) is 12.2. The molecule has 0 unspecified atom stereocenters. The monoisotopic (exact) mass is 242 g/mol. The van der Waals surface area contributed by atoms with Crippen molar-refractivity contribution in [2.75, 3.05) is 0 Å². The third kappa shape index (κ3) is 2.70. The number of rotatable bonds is 4. The van der Waals surface area contributed by atoms with E-state index < -0.39 is 15.7 Å². The summed E-state index contributed by atoms with van der Waals surface area (Å²) < 4.78 is 36.8. The van der Waals surface area contributed by atoms with E-state index in [-0.39, 0.29) is 4.90 Å². The molecule has 1 aromatic rings. The molecule has 0 aromatic heterocycles. The zero-order valence-corrected chi connectivity index (χ0v) is 10.2. The van der Waals surface area contributed by atoms with Gasteiger partial charge in [0.05, 0.1) is 4.90 Å². The van der Waals surface area contributed by atoms with Gasteiger partial charge >= 0.3 is 0 Å². The highest BCUT2D eigenvalue weighted by atomic mass is 32.2. The van der Waals surface area contributed by atoms with Crippen LogP contribution in [-0.2, 0) is 9.84 Å². The van der Waals surface area contributed by atoms with Gasteiger partial charge in [0, 0.05) is 4.91 Å². The first-order valence-electron chi connectivity index (χ1n) is 5.22. The van der Waals surface area contributed by atoms with Crippen LogP contribution in [0.15, 0.2) is 40.1 Å². The molecule has 1 rings (SSSR count). The predicted molar refractivity (Wildman–Crippen MR) is 62.3 cm³/mol. The predicted octanol–water partition coefficient (Wildman–Crippen LogP) is 3.30. The molecule has 16 heavy (non-hydrogen) atoms. The Balaban J connectivity index is 3.20. The van der Waals surface area contributed by atoms with Crippen molar-refractivity contribution in [3.8, 4) is 0 Å². The molecule has 0 aliphatic carbocycles. The fraction of sp³-hybridized carbons (Fsp3) is 0.333. The summed E-state index contributed by atoms with van der Waals surface area (Å²) in [5.74, 6) is -0.434. The lowest BCUT2D eigenvalue weighted by molar-refractivity contribution is 0.599. The number of halogens is 1. The van der Waals surface area contributed by atoms with E-state index in [4.69, 9.17) is 0 Å². The third-order valence-electron chi connectivity index (χ3n) is 2.25. The Morgan fingerprint density at radius 2 is 1.81 bits per heavy atom. The van der Waals surface area contributed by atoms with Crippen LogP contribution in [0.2, 0.25) is 0 Å². The summed E-state index contributed by atoms with van der Waals surface area (Å²) in [4.78, 5) is 0.539. The van der Waals surface area contributed by atoms with Crippen molar-refractivity contribution in [1.82, 2.24) is 0 Å². The minimum absolute atomic E-state index is 0.149. The minimum Gasteiger partial charge on any atom is -0.219 e. The van der Waals surface area contributed by atoms with Crippen LogP contribution in [0, 0.1) is 5.82 Å². The second-order valence-corrected chi connectivity index (χ2v) is 5.39. The summed E-state index contributed by atoms with van der Waals surface area (Å²) in [6.45, 7) is 3.68. The summed E-state index contributed by atoms with van der Waals surface area (Å²) in [5.41, 5.74) is 0. The molecule has 0 atom stereocenters. The summed E-state index contributed by atoms with van der Waals surface area (Å²) >= 11 is 0. The normalized spacial score (nSPS) is 12.8. The average molecular weight is 242 g/mol. The molecule has 0 amide bonds. The zero-order valence-electron chi connectivity index (χ0n) is 9.40. The first kappa shape index (κ1) is 12.9. The number of hydrogen-bond donors (Lipinski definition) is 0. The fourth-order valence-corrected chi connectivity index (χ4v) is 3.00. The van der Waals surface area contributed by atoms with E-state index in [0.717, 1.165) is 12.1 Å². The van der Waals surface area contributed by atoms with Gasteiger partial charge in [-0.3, -0.25) is 0 Å². The van der Waals surface area contributed by atoms with Gasteiger partial charge in [-0.25, -0.2) is 12.8 Å². The summed E-state index contributed by atoms with van der Waals surface area (Å²) in [5, 5.41) is 0. The summed E-state index contributed by atoms with van der Waals surface area (Å²) in [7, 11) is -3.44. The molecule has 0 radical (unpaired) electrons. The smallest absolute Gasteiger partial charge is 0.202 e. The molecule has 1 aromatic carbocycles. The second kappa shape index (κ2) is 5.25. The molecule has 0 fully saturated rings. The van der Waals surface area contributed by atoms with E-state index in [0.29, 0.717) is 17.7 Å². The van der Waals surface area contributed by atoms with Crippen molar-refractivity contribution in [2.45, 2.75) is 31.6 Å². The summed E-state index contributed by atoms with van der Waals surface area (Å²) in [6.07, 6.45) is 2.82. The molecule has 0 saturated heterocycles. The van der Waals surface area contributed by atoms with Crippen LogP contribution in [0.1, 0.15) is 26.7 Å². The Labute approximate surface area is 95.7 Å². The lowest BCUT2D eigenvalue weighted by Gasteiger charge is -2.06. The first-order valence-corrected chi connectivity index (χ1v) is 6.70. The van der Waals surface area contributed by atoms with Crippen molar-refractivity contribution < 1.29 is 12.8 Å². The fourth-order valence-electron chi connectivity index (χ4n) is 1.44. The lowest BCUT2D eigenvalue weighted by atomic mass is 10.3. The third-order valence-corrected chi connectivity index (χ3v) is 4.29. The van der Waals surface area contributed by atoms with Gasteiger partial charge < -0.3 is 0 Å². The van der Waals surface area contributed by atoms with Crippen LogP contribution in [0.25, 0.3) is 0 Å². The van der Waals surface area contributed by atoms with Gasteiger partial charge in [0.25, 0.3) is 0 Å². The van der Waals surface area contributed by atoms with Crippen molar-refractivity contribution >= 4 is 9.84 Å². The molecule has 0 spiro atoms. The van der Waals surface area contributed by atoms with Gasteiger partial charge in [-0.05, 0) is 37.1 Å². The highest BCUT2D eigenvalue weighted by molar-refractivity contribution is 7.95. The average Bonchev–Trinajstić information content (AvgIpc) is 2.26. The number of sulfone groups is 1. The quantitative estimate of drug-likeness (QED) is 0.759. The maximum absolute atomic E-state index is 12.7. The molecule has 4 heteroatoms. The van der Waals surface area contributed by atoms with Crippen molar-refractivity contribution in [3.05, 3.63) is 41.1 Å². The Kier molecular flexibility index (Phi) is 4.24. The highest BCUT2D eigenvalue weighted by Gasteiger charge is 2.18. The number of benzene rings is 1. The maximum Gasteiger partial charge on any atom is 0.202 e. The van der Waals surface area contributed by atoms with Crippen LogP contribution in [0.3, 0.4) is 0 Å². The van der Waals surface area contributed by atoms with Gasteiger partial charge in [-0.15, -0.1) is 0 Å². The number of hydrogen-bond acceptors (Lipinski definition) is 2. The van der Waals surface area contributed by atoms with Gasteiger partial charge in [-0.2, -0.15) is 0 Å². The van der Waals surface area contributed by atoms with Crippen LogP contribution < -0.4 is 0 Å². The highest BCUT2D eigenvalue weighted by Crippen LogP contribution is 2.22. The molecular formula is C12H15FO2S. The standard InChI is InChI=1S/C12H15FO2S/c1-3-5-11(4-2)16(14,15)12-8-6-10(13)7-9-12/h5-9H,3-4H2,1-2H3. The Hall–Kier alpha value is -1.16. The Morgan fingerprint density at radius 3 is 2.25 bits per heavy atom. The topological polar surface area (TPSA) is 34.1 Å². The first-order chi connectivity index (χ1) is 7.52. The van der Waals surface area contributed by atoms with E-state index in [9.17, 15) is 12.8 Å². The molecule has 88 valence electrons. The van der Waals surface area contributed by atoms with Gasteiger partial charge in [0.15, 0.2) is 0 Å². The molecule has 0 aliphatic rings. The van der Waals surface area contributed by atoms with Gasteiger partial charge in [0.2, 0.25) is 9.84 Å². The molecule has 2 nitrogen and oxygen atoms in total. The molecule has 0 saturated carbocycles. The van der Waals surface area contributed by atoms with Gasteiger partial charge in [-0.1, -0.05) is 19.9 Å². The van der Waals surface area contributed by atoms with Crippen LogP contribution in [0.4, 0.5) is 4.39 Å². The van der Waals surface area contributed by atoms with Crippen molar-refractivity contribution in [3.63, 3.8) is 0 Å². The maximum atomic E-state index is 12.7. The SMILES string of the molecule is CCC=C(CC)S(=O)(=O)c1ccc(F)cc1. The van der Waals surface area contributed by atoms with Gasteiger partial charge in [0.1, 0.15) is 5.82 Å². The summed E-state index contributed by atoms with van der Waals surface area (Å²) in [6, 6.07) is 4.91. The molecule has 0 aliphatic heterocycles. The Morgan fingerprint density at radius 1 is 1.25 bits per heavy atom. The molecule has 0 bridgehead atoms. The number of allylic oxidation sites excluding steroid dienone is 2. The minimum atomic E-state index is -3.44. The van der Waals surface area contributed by atoms with E-state index in [2.05, 4.69) is 0 Å². The molecule has 0 N–H and O–H groups in total. The second-order valence-electron chi connectivity index (χ2n) is 3.39. The van der Waals surface area contributed by atoms with Crippen LogP contribution in [-0.4, -0.2) is 8.42 Å². The molecule has 0 heterocycles. The van der Waals surface area contributed by atoms with E-state index in [1.807, 2.05) is 6.92 Å². The van der Waals surface area contributed by atoms with Crippen molar-refractivity contribution in [2.24, 2.45) is 0 Å². The van der Waals surface area contributed by atoms with Crippen LogP contribution in [0.5, 0.6) is 0 Å². The molecular weight excluding hydrogens is 227 g/mol.